The van der Waals surface area contributed by atoms with Crippen molar-refractivity contribution in [2.75, 3.05) is 29.0 Å². The van der Waals surface area contributed by atoms with E-state index in [4.69, 9.17) is 9.47 Å². The van der Waals surface area contributed by atoms with Gasteiger partial charge in [0.1, 0.15) is 11.5 Å². The zero-order valence-electron chi connectivity index (χ0n) is 22.8. The molecule has 0 aromatic heterocycles. The van der Waals surface area contributed by atoms with Gasteiger partial charge < -0.3 is 14.8 Å². The number of methoxy groups -OCH3 is 2. The number of amides is 1. The lowest BCUT2D eigenvalue weighted by molar-refractivity contribution is 0.102. The Balaban J connectivity index is 1.49. The first-order valence-corrected chi connectivity index (χ1v) is 15.2. The molecule has 0 spiro atoms. The number of anilines is 3. The summed E-state index contributed by atoms with van der Waals surface area (Å²) in [6.45, 7) is 3.59. The SMILES string of the molecule is COc1ccc(OC)c(NS(=O)(=O)c2ccc(NC(=O)c3ccc(C)c(NS(=O)(=O)c4ccc(C)cc4)c3)cc2)c1. The van der Waals surface area contributed by atoms with E-state index in [1.165, 1.54) is 62.8 Å². The average Bonchev–Trinajstić information content (AvgIpc) is 2.94. The molecule has 3 N–H and O–H groups in total. The van der Waals surface area contributed by atoms with Gasteiger partial charge in [0.05, 0.1) is 35.4 Å². The Bertz CT molecular complexity index is 1790. The van der Waals surface area contributed by atoms with Crippen molar-refractivity contribution in [1.82, 2.24) is 0 Å². The van der Waals surface area contributed by atoms with Gasteiger partial charge in [-0.25, -0.2) is 16.8 Å². The summed E-state index contributed by atoms with van der Waals surface area (Å²) in [5.74, 6) is 0.260. The largest absolute Gasteiger partial charge is 0.497 e. The zero-order valence-corrected chi connectivity index (χ0v) is 24.4. The summed E-state index contributed by atoms with van der Waals surface area (Å²) in [6.07, 6.45) is 0. The van der Waals surface area contributed by atoms with Crippen LogP contribution in [-0.4, -0.2) is 37.0 Å². The maximum absolute atomic E-state index is 13.0. The fourth-order valence-electron chi connectivity index (χ4n) is 3.81. The lowest BCUT2D eigenvalue weighted by Gasteiger charge is -2.14. The van der Waals surface area contributed by atoms with Gasteiger partial charge in [-0.05, 0) is 80.1 Å². The molecule has 10 nitrogen and oxygen atoms in total. The van der Waals surface area contributed by atoms with E-state index < -0.39 is 26.0 Å². The maximum atomic E-state index is 13.0. The number of sulfonamides is 2. The van der Waals surface area contributed by atoms with E-state index in [0.29, 0.717) is 22.7 Å². The zero-order chi connectivity index (χ0) is 29.8. The first-order valence-electron chi connectivity index (χ1n) is 12.3. The molecular weight excluding hydrogens is 566 g/mol. The third kappa shape index (κ3) is 6.97. The van der Waals surface area contributed by atoms with Gasteiger partial charge in [-0.15, -0.1) is 0 Å². The van der Waals surface area contributed by atoms with Gasteiger partial charge in [-0.2, -0.15) is 0 Å². The molecule has 214 valence electrons. The normalized spacial score (nSPS) is 11.4. The topological polar surface area (TPSA) is 140 Å². The Morgan fingerprint density at radius 1 is 0.659 bits per heavy atom. The van der Waals surface area contributed by atoms with Gasteiger partial charge >= 0.3 is 0 Å². The van der Waals surface area contributed by atoms with Crippen LogP contribution in [-0.2, 0) is 20.0 Å². The van der Waals surface area contributed by atoms with Crippen LogP contribution < -0.4 is 24.2 Å². The first-order chi connectivity index (χ1) is 19.4. The first kappa shape index (κ1) is 29.4. The number of rotatable bonds is 10. The molecule has 0 aliphatic rings. The highest BCUT2D eigenvalue weighted by molar-refractivity contribution is 7.93. The molecule has 0 atom stereocenters. The molecule has 0 fully saturated rings. The smallest absolute Gasteiger partial charge is 0.262 e. The molecule has 4 aromatic carbocycles. The summed E-state index contributed by atoms with van der Waals surface area (Å²) in [6, 6.07) is 21.4. The molecule has 41 heavy (non-hydrogen) atoms. The van der Waals surface area contributed by atoms with E-state index in [9.17, 15) is 21.6 Å². The highest BCUT2D eigenvalue weighted by atomic mass is 32.2. The van der Waals surface area contributed by atoms with E-state index in [1.807, 2.05) is 6.92 Å². The molecule has 0 aliphatic heterocycles. The second kappa shape index (κ2) is 11.9. The van der Waals surface area contributed by atoms with Crippen molar-refractivity contribution in [3.8, 4) is 11.5 Å². The van der Waals surface area contributed by atoms with Crippen molar-refractivity contribution < 1.29 is 31.1 Å². The molecule has 4 aromatic rings. The van der Waals surface area contributed by atoms with Gasteiger partial charge in [-0.1, -0.05) is 23.8 Å². The monoisotopic (exact) mass is 595 g/mol. The molecule has 4 rings (SSSR count). The Labute approximate surface area is 239 Å². The van der Waals surface area contributed by atoms with Crippen LogP contribution in [0.25, 0.3) is 0 Å². The molecular formula is C29H29N3O7S2. The number of nitrogens with one attached hydrogen (secondary N) is 3. The molecule has 0 saturated carbocycles. The van der Waals surface area contributed by atoms with Crippen LogP contribution in [0.5, 0.6) is 11.5 Å². The summed E-state index contributed by atoms with van der Waals surface area (Å²) in [4.78, 5) is 13.0. The minimum Gasteiger partial charge on any atom is -0.497 e. The number of benzene rings is 4. The number of aryl methyl sites for hydroxylation is 2. The van der Waals surface area contributed by atoms with Gasteiger partial charge in [0.25, 0.3) is 26.0 Å². The quantitative estimate of drug-likeness (QED) is 0.230. The standard InChI is InChI=1S/C29H29N3O7S2/c1-19-5-12-24(13-6-19)40(34,35)31-26-17-21(8-7-20(26)2)29(33)30-22-9-14-25(15-10-22)41(36,37)32-27-18-23(38-3)11-16-28(27)39-4/h5-18,31-32H,1-4H3,(H,30,33). The lowest BCUT2D eigenvalue weighted by Crippen LogP contribution is -2.16. The second-order valence-corrected chi connectivity index (χ2v) is 12.5. The highest BCUT2D eigenvalue weighted by Crippen LogP contribution is 2.31. The molecule has 0 heterocycles. The Kier molecular flexibility index (Phi) is 8.55. The molecule has 0 bridgehead atoms. The van der Waals surface area contributed by atoms with Crippen LogP contribution in [0.4, 0.5) is 17.1 Å². The summed E-state index contributed by atoms with van der Waals surface area (Å²) in [7, 11) is -4.96. The Hall–Kier alpha value is -4.55. The second-order valence-electron chi connectivity index (χ2n) is 9.10. The minimum atomic E-state index is -3.98. The van der Waals surface area contributed by atoms with E-state index >= 15 is 0 Å². The van der Waals surface area contributed by atoms with E-state index in [-0.39, 0.29) is 26.7 Å². The number of hydrogen-bond acceptors (Lipinski definition) is 7. The van der Waals surface area contributed by atoms with Gasteiger partial charge in [-0.3, -0.25) is 14.2 Å². The predicted octanol–water partition coefficient (Wildman–Crippen LogP) is 5.17. The van der Waals surface area contributed by atoms with Crippen LogP contribution >= 0.6 is 0 Å². The average molecular weight is 596 g/mol. The van der Waals surface area contributed by atoms with E-state index in [0.717, 1.165) is 5.56 Å². The van der Waals surface area contributed by atoms with Crippen LogP contribution in [0.3, 0.4) is 0 Å². The lowest BCUT2D eigenvalue weighted by atomic mass is 10.1. The molecule has 0 aliphatic carbocycles. The van der Waals surface area contributed by atoms with Gasteiger partial charge in [0.2, 0.25) is 0 Å². The third-order valence-corrected chi connectivity index (χ3v) is 8.91. The number of hydrogen-bond donors (Lipinski definition) is 3. The predicted molar refractivity (Wildman–Crippen MR) is 158 cm³/mol. The van der Waals surface area contributed by atoms with Crippen molar-refractivity contribution in [3.05, 3.63) is 102 Å². The van der Waals surface area contributed by atoms with Crippen molar-refractivity contribution in [2.24, 2.45) is 0 Å². The Morgan fingerprint density at radius 3 is 1.83 bits per heavy atom. The van der Waals surface area contributed by atoms with Crippen LogP contribution in [0, 0.1) is 13.8 Å². The minimum absolute atomic E-state index is 0.0384. The summed E-state index contributed by atoms with van der Waals surface area (Å²) in [5.41, 5.74) is 2.58. The Morgan fingerprint density at radius 2 is 1.24 bits per heavy atom. The maximum Gasteiger partial charge on any atom is 0.262 e. The molecule has 1 amide bonds. The van der Waals surface area contributed by atoms with Crippen molar-refractivity contribution >= 4 is 43.0 Å². The number of carbonyl (C=O) groups is 1. The van der Waals surface area contributed by atoms with Gasteiger partial charge in [0, 0.05) is 17.3 Å². The number of ether oxygens (including phenoxy) is 2. The van der Waals surface area contributed by atoms with Crippen molar-refractivity contribution in [1.29, 1.82) is 0 Å². The molecule has 0 unspecified atom stereocenters. The van der Waals surface area contributed by atoms with Crippen LogP contribution in [0.1, 0.15) is 21.5 Å². The highest BCUT2D eigenvalue weighted by Gasteiger charge is 2.19. The third-order valence-electron chi connectivity index (χ3n) is 6.15. The molecule has 0 saturated heterocycles. The van der Waals surface area contributed by atoms with Crippen LogP contribution in [0.2, 0.25) is 0 Å². The van der Waals surface area contributed by atoms with E-state index in [2.05, 4.69) is 14.8 Å². The van der Waals surface area contributed by atoms with Crippen LogP contribution in [0.15, 0.2) is 94.7 Å². The van der Waals surface area contributed by atoms with Crippen molar-refractivity contribution in [3.63, 3.8) is 0 Å². The van der Waals surface area contributed by atoms with Gasteiger partial charge in [0.15, 0.2) is 0 Å². The molecule has 12 heteroatoms. The number of carbonyl (C=O) groups excluding carboxylic acids is 1. The van der Waals surface area contributed by atoms with Crippen molar-refractivity contribution in [2.45, 2.75) is 23.6 Å². The summed E-state index contributed by atoms with van der Waals surface area (Å²) < 4.78 is 67.1. The molecule has 0 radical (unpaired) electrons. The summed E-state index contributed by atoms with van der Waals surface area (Å²) in [5, 5.41) is 2.70. The van der Waals surface area contributed by atoms with E-state index in [1.54, 1.807) is 43.3 Å². The fraction of sp³-hybridized carbons (Fsp3) is 0.138. The fourth-order valence-corrected chi connectivity index (χ4v) is 6.00. The summed E-state index contributed by atoms with van der Waals surface area (Å²) >= 11 is 0.